The van der Waals surface area contributed by atoms with E-state index in [2.05, 4.69) is 6.92 Å². The van der Waals surface area contributed by atoms with Crippen LogP contribution in [0.2, 0.25) is 0 Å². The maximum absolute atomic E-state index is 12.7. The third kappa shape index (κ3) is 16.5. The van der Waals surface area contributed by atoms with Crippen LogP contribution in [-0.2, 0) is 14.2 Å². The topological polar surface area (TPSA) is 148 Å². The fourth-order valence-electron chi connectivity index (χ4n) is 4.99. The molecule has 2 aromatic carbocycles. The Balaban J connectivity index is 1.67. The third-order valence-corrected chi connectivity index (χ3v) is 7.75. The standard InChI is InChI=1S/C35H50N2O9/c1-2-3-4-5-6-7-8-9-10-11-12-13-14-15-16-17-26-44-27-33(46-35(39)30-20-24-32(25-21-30)37(42)43)28-45-34(38)29-18-22-31(23-19-29)36(40)41/h18-25,33H,2-17,26-28H2,1H3. The lowest BCUT2D eigenvalue weighted by atomic mass is 10.0. The maximum Gasteiger partial charge on any atom is 0.338 e. The van der Waals surface area contributed by atoms with Crippen LogP contribution in [0.15, 0.2) is 48.5 Å². The Morgan fingerprint density at radius 1 is 0.587 bits per heavy atom. The van der Waals surface area contributed by atoms with Crippen molar-refractivity contribution in [2.24, 2.45) is 0 Å². The van der Waals surface area contributed by atoms with Crippen molar-refractivity contribution in [2.75, 3.05) is 19.8 Å². The first kappa shape index (κ1) is 38.3. The van der Waals surface area contributed by atoms with Gasteiger partial charge < -0.3 is 14.2 Å². The van der Waals surface area contributed by atoms with Gasteiger partial charge in [0.1, 0.15) is 6.61 Å². The number of carbonyl (C=O) groups excluding carboxylic acids is 2. The second-order valence-electron chi connectivity index (χ2n) is 11.6. The lowest BCUT2D eigenvalue weighted by Gasteiger charge is -2.18. The number of benzene rings is 2. The summed E-state index contributed by atoms with van der Waals surface area (Å²) in [5.41, 5.74) is -0.101. The Bertz CT molecular complexity index is 1170. The van der Waals surface area contributed by atoms with Gasteiger partial charge in [-0.05, 0) is 30.7 Å². The van der Waals surface area contributed by atoms with E-state index in [1.807, 2.05) is 0 Å². The van der Waals surface area contributed by atoms with Gasteiger partial charge in [0.25, 0.3) is 11.4 Å². The Labute approximate surface area is 272 Å². The molecule has 0 aliphatic heterocycles. The summed E-state index contributed by atoms with van der Waals surface area (Å²) < 4.78 is 16.6. The Kier molecular flexibility index (Phi) is 19.6. The van der Waals surface area contributed by atoms with E-state index < -0.39 is 27.9 Å². The van der Waals surface area contributed by atoms with Gasteiger partial charge in [0.2, 0.25) is 0 Å². The number of carbonyl (C=O) groups is 2. The van der Waals surface area contributed by atoms with Crippen molar-refractivity contribution >= 4 is 23.3 Å². The highest BCUT2D eigenvalue weighted by Gasteiger charge is 2.20. The van der Waals surface area contributed by atoms with Gasteiger partial charge in [-0.2, -0.15) is 0 Å². The number of hydrogen-bond donors (Lipinski definition) is 0. The molecule has 0 heterocycles. The van der Waals surface area contributed by atoms with Crippen LogP contribution in [0.3, 0.4) is 0 Å². The predicted octanol–water partition coefficient (Wildman–Crippen LogP) is 9.16. The normalized spacial score (nSPS) is 11.6. The average molecular weight is 643 g/mol. The molecule has 0 spiro atoms. The van der Waals surface area contributed by atoms with Crippen molar-refractivity contribution in [1.29, 1.82) is 0 Å². The number of ether oxygens (including phenoxy) is 3. The zero-order chi connectivity index (χ0) is 33.4. The Hall–Kier alpha value is -3.86. The summed E-state index contributed by atoms with van der Waals surface area (Å²) in [7, 11) is 0. The van der Waals surface area contributed by atoms with Crippen molar-refractivity contribution in [3.63, 3.8) is 0 Å². The van der Waals surface area contributed by atoms with Crippen LogP contribution in [0.25, 0.3) is 0 Å². The van der Waals surface area contributed by atoms with E-state index in [0.717, 1.165) is 19.3 Å². The van der Waals surface area contributed by atoms with Crippen LogP contribution in [0.5, 0.6) is 0 Å². The SMILES string of the molecule is CCCCCCCCCCCCCCCCCCOCC(COC(=O)c1ccc([N+](=O)[O-])cc1)OC(=O)c1ccc([N+](=O)[O-])cc1. The van der Waals surface area contributed by atoms with Crippen LogP contribution in [0.4, 0.5) is 11.4 Å². The molecule has 0 saturated heterocycles. The van der Waals surface area contributed by atoms with Crippen LogP contribution in [0, 0.1) is 20.2 Å². The van der Waals surface area contributed by atoms with Gasteiger partial charge in [-0.1, -0.05) is 103 Å². The Morgan fingerprint density at radius 3 is 1.39 bits per heavy atom. The summed E-state index contributed by atoms with van der Waals surface area (Å²) in [6, 6.07) is 9.95. The quantitative estimate of drug-likeness (QED) is 0.0424. The number of nitro benzene ring substituents is 2. The number of esters is 2. The van der Waals surface area contributed by atoms with Gasteiger partial charge in [-0.25, -0.2) is 9.59 Å². The monoisotopic (exact) mass is 642 g/mol. The molecule has 11 nitrogen and oxygen atoms in total. The molecule has 0 aromatic heterocycles. The fourth-order valence-corrected chi connectivity index (χ4v) is 4.99. The largest absolute Gasteiger partial charge is 0.458 e. The number of nitrogens with zero attached hydrogens (tertiary/aromatic N) is 2. The summed E-state index contributed by atoms with van der Waals surface area (Å²) in [5.74, 6) is -1.47. The van der Waals surface area contributed by atoms with E-state index in [1.54, 1.807) is 0 Å². The molecule has 0 aliphatic rings. The summed E-state index contributed by atoms with van der Waals surface area (Å²) in [4.78, 5) is 45.8. The van der Waals surface area contributed by atoms with E-state index in [0.29, 0.717) is 6.61 Å². The van der Waals surface area contributed by atoms with E-state index in [1.165, 1.54) is 132 Å². The second kappa shape index (κ2) is 23.5. The van der Waals surface area contributed by atoms with Gasteiger partial charge in [0, 0.05) is 30.9 Å². The molecule has 11 heteroatoms. The summed E-state index contributed by atoms with van der Waals surface area (Å²) in [5, 5.41) is 21.8. The molecule has 2 aromatic rings. The zero-order valence-electron chi connectivity index (χ0n) is 27.2. The first-order valence-electron chi connectivity index (χ1n) is 16.8. The summed E-state index contributed by atoms with van der Waals surface area (Å²) in [6.07, 6.45) is 19.4. The molecule has 1 atom stereocenters. The lowest BCUT2D eigenvalue weighted by Crippen LogP contribution is -2.30. The Morgan fingerprint density at radius 2 is 0.978 bits per heavy atom. The van der Waals surface area contributed by atoms with Gasteiger partial charge in [0.15, 0.2) is 6.10 Å². The van der Waals surface area contributed by atoms with Crippen molar-refractivity contribution in [3.05, 3.63) is 79.9 Å². The van der Waals surface area contributed by atoms with Crippen molar-refractivity contribution in [1.82, 2.24) is 0 Å². The molecule has 254 valence electrons. The molecule has 0 saturated carbocycles. The lowest BCUT2D eigenvalue weighted by molar-refractivity contribution is -0.385. The molecule has 0 aliphatic carbocycles. The smallest absolute Gasteiger partial charge is 0.338 e. The van der Waals surface area contributed by atoms with Crippen molar-refractivity contribution in [2.45, 2.75) is 116 Å². The highest BCUT2D eigenvalue weighted by atomic mass is 16.6. The summed E-state index contributed by atoms with van der Waals surface area (Å²) in [6.45, 7) is 2.40. The molecule has 0 N–H and O–H groups in total. The average Bonchev–Trinajstić information content (AvgIpc) is 3.06. The molecule has 0 fully saturated rings. The molecule has 0 radical (unpaired) electrons. The van der Waals surface area contributed by atoms with Gasteiger partial charge in [-0.3, -0.25) is 20.2 Å². The van der Waals surface area contributed by atoms with E-state index in [-0.39, 0.29) is 35.7 Å². The fraction of sp³-hybridized carbons (Fsp3) is 0.600. The maximum atomic E-state index is 12.7. The highest BCUT2D eigenvalue weighted by Crippen LogP contribution is 2.16. The first-order valence-corrected chi connectivity index (χ1v) is 16.8. The minimum absolute atomic E-state index is 0.00893. The van der Waals surface area contributed by atoms with Gasteiger partial charge >= 0.3 is 11.9 Å². The van der Waals surface area contributed by atoms with Crippen LogP contribution < -0.4 is 0 Å². The highest BCUT2D eigenvalue weighted by molar-refractivity contribution is 5.90. The molecule has 1 unspecified atom stereocenters. The van der Waals surface area contributed by atoms with Crippen molar-refractivity contribution in [3.8, 4) is 0 Å². The first-order chi connectivity index (χ1) is 22.3. The van der Waals surface area contributed by atoms with E-state index in [9.17, 15) is 29.8 Å². The summed E-state index contributed by atoms with van der Waals surface area (Å²) >= 11 is 0. The zero-order valence-corrected chi connectivity index (χ0v) is 27.2. The predicted molar refractivity (Wildman–Crippen MR) is 176 cm³/mol. The van der Waals surface area contributed by atoms with E-state index in [4.69, 9.17) is 14.2 Å². The molecule has 46 heavy (non-hydrogen) atoms. The van der Waals surface area contributed by atoms with Crippen LogP contribution in [-0.4, -0.2) is 47.7 Å². The number of hydrogen-bond acceptors (Lipinski definition) is 9. The van der Waals surface area contributed by atoms with Crippen LogP contribution >= 0.6 is 0 Å². The molecular formula is C35H50N2O9. The van der Waals surface area contributed by atoms with Crippen molar-refractivity contribution < 1.29 is 33.6 Å². The number of nitro groups is 2. The molecule has 0 amide bonds. The minimum atomic E-state index is -0.925. The number of unbranched alkanes of at least 4 members (excludes halogenated alkanes) is 15. The van der Waals surface area contributed by atoms with Crippen LogP contribution in [0.1, 0.15) is 130 Å². The van der Waals surface area contributed by atoms with Gasteiger partial charge in [-0.15, -0.1) is 0 Å². The number of non-ortho nitro benzene ring substituents is 2. The molecule has 2 rings (SSSR count). The van der Waals surface area contributed by atoms with Gasteiger partial charge in [0.05, 0.1) is 27.6 Å². The third-order valence-electron chi connectivity index (χ3n) is 7.75. The minimum Gasteiger partial charge on any atom is -0.458 e. The number of rotatable bonds is 26. The molecule has 0 bridgehead atoms. The second-order valence-corrected chi connectivity index (χ2v) is 11.6. The van der Waals surface area contributed by atoms with E-state index >= 15 is 0 Å². The molecular weight excluding hydrogens is 592 g/mol.